The van der Waals surface area contributed by atoms with Crippen molar-refractivity contribution in [1.82, 2.24) is 20.1 Å². The Hall–Kier alpha value is -0.940. The molecule has 20 heavy (non-hydrogen) atoms. The number of rotatable bonds is 10. The number of aliphatic hydroxyl groups is 1. The van der Waals surface area contributed by atoms with Gasteiger partial charge in [0.1, 0.15) is 5.82 Å². The van der Waals surface area contributed by atoms with Gasteiger partial charge < -0.3 is 10.4 Å². The molecule has 0 saturated carbocycles. The van der Waals surface area contributed by atoms with E-state index in [0.717, 1.165) is 56.8 Å². The molecular weight excluding hydrogens is 252 g/mol. The Labute approximate surface area is 122 Å². The van der Waals surface area contributed by atoms with E-state index in [1.807, 2.05) is 4.68 Å². The summed E-state index contributed by atoms with van der Waals surface area (Å²) in [6.07, 6.45) is 4.95. The van der Waals surface area contributed by atoms with Crippen molar-refractivity contribution in [2.45, 2.75) is 71.9 Å². The number of unbranched alkanes of at least 4 members (excludes halogenated alkanes) is 1. The average Bonchev–Trinajstić information content (AvgIpc) is 2.86. The van der Waals surface area contributed by atoms with Crippen molar-refractivity contribution >= 4 is 0 Å². The van der Waals surface area contributed by atoms with E-state index in [1.165, 1.54) is 0 Å². The van der Waals surface area contributed by atoms with E-state index in [2.05, 4.69) is 43.1 Å². The maximum absolute atomic E-state index is 9.46. The first kappa shape index (κ1) is 17.1. The van der Waals surface area contributed by atoms with E-state index in [9.17, 15) is 5.11 Å². The van der Waals surface area contributed by atoms with E-state index >= 15 is 0 Å². The fourth-order valence-electron chi connectivity index (χ4n) is 2.44. The molecule has 1 unspecified atom stereocenters. The Morgan fingerprint density at radius 1 is 1.20 bits per heavy atom. The minimum atomic E-state index is -0.153. The van der Waals surface area contributed by atoms with E-state index in [4.69, 9.17) is 0 Å². The Kier molecular flexibility index (Phi) is 7.16. The highest BCUT2D eigenvalue weighted by Gasteiger charge is 2.20. The van der Waals surface area contributed by atoms with Crippen LogP contribution in [-0.4, -0.2) is 38.6 Å². The molecule has 5 heteroatoms. The van der Waals surface area contributed by atoms with Crippen LogP contribution in [-0.2, 0) is 19.4 Å². The lowest BCUT2D eigenvalue weighted by Crippen LogP contribution is -2.45. The molecule has 0 aliphatic rings. The lowest BCUT2D eigenvalue weighted by molar-refractivity contribution is 0.164. The molecule has 0 amide bonds. The van der Waals surface area contributed by atoms with Crippen LogP contribution < -0.4 is 5.32 Å². The lowest BCUT2D eigenvalue weighted by atomic mass is 9.96. The standard InChI is InChI=1S/C15H30N4O/c1-5-13-17-14(6-2)19(18-13)11-9-8-10-15(4,12-20)16-7-3/h16,20H,5-12H2,1-4H3. The Morgan fingerprint density at radius 3 is 2.50 bits per heavy atom. The van der Waals surface area contributed by atoms with Crippen LogP contribution in [0.2, 0.25) is 0 Å². The van der Waals surface area contributed by atoms with Crippen LogP contribution in [0.1, 0.15) is 58.6 Å². The molecule has 0 bridgehead atoms. The first-order valence-corrected chi connectivity index (χ1v) is 7.87. The quantitative estimate of drug-likeness (QED) is 0.644. The molecule has 1 heterocycles. The molecule has 2 N–H and O–H groups in total. The third-order valence-electron chi connectivity index (χ3n) is 3.73. The van der Waals surface area contributed by atoms with Gasteiger partial charge in [-0.15, -0.1) is 0 Å². The zero-order valence-corrected chi connectivity index (χ0v) is 13.4. The van der Waals surface area contributed by atoms with Gasteiger partial charge in [0.05, 0.1) is 6.61 Å². The highest BCUT2D eigenvalue weighted by atomic mass is 16.3. The van der Waals surface area contributed by atoms with Crippen LogP contribution in [0.15, 0.2) is 0 Å². The molecule has 0 aromatic carbocycles. The first-order chi connectivity index (χ1) is 9.58. The van der Waals surface area contributed by atoms with Crippen molar-refractivity contribution in [1.29, 1.82) is 0 Å². The van der Waals surface area contributed by atoms with E-state index < -0.39 is 0 Å². The molecule has 0 aliphatic carbocycles. The van der Waals surface area contributed by atoms with Gasteiger partial charge in [0, 0.05) is 24.9 Å². The third kappa shape index (κ3) is 4.87. The normalized spacial score (nSPS) is 14.4. The number of aliphatic hydroxyl groups excluding tert-OH is 1. The molecule has 0 saturated heterocycles. The maximum atomic E-state index is 9.46. The summed E-state index contributed by atoms with van der Waals surface area (Å²) < 4.78 is 2.04. The largest absolute Gasteiger partial charge is 0.394 e. The molecular formula is C15H30N4O. The number of hydrogen-bond donors (Lipinski definition) is 2. The summed E-state index contributed by atoms with van der Waals surface area (Å²) in [4.78, 5) is 4.52. The number of aryl methyl sites for hydroxylation is 3. The van der Waals surface area contributed by atoms with Gasteiger partial charge in [-0.25, -0.2) is 9.67 Å². The minimum absolute atomic E-state index is 0.153. The third-order valence-corrected chi connectivity index (χ3v) is 3.73. The summed E-state index contributed by atoms with van der Waals surface area (Å²) in [6.45, 7) is 10.4. The van der Waals surface area contributed by atoms with Gasteiger partial charge in [-0.3, -0.25) is 0 Å². The van der Waals surface area contributed by atoms with Crippen LogP contribution in [0.3, 0.4) is 0 Å². The minimum Gasteiger partial charge on any atom is -0.394 e. The molecule has 5 nitrogen and oxygen atoms in total. The molecule has 1 rings (SSSR count). The first-order valence-electron chi connectivity index (χ1n) is 7.87. The fourth-order valence-corrected chi connectivity index (χ4v) is 2.44. The Balaban J connectivity index is 2.42. The van der Waals surface area contributed by atoms with Gasteiger partial charge in [-0.2, -0.15) is 5.10 Å². The van der Waals surface area contributed by atoms with E-state index in [-0.39, 0.29) is 12.1 Å². The topological polar surface area (TPSA) is 63.0 Å². The fraction of sp³-hybridized carbons (Fsp3) is 0.867. The highest BCUT2D eigenvalue weighted by molar-refractivity contribution is 4.92. The number of nitrogens with one attached hydrogen (secondary N) is 1. The zero-order chi connectivity index (χ0) is 15.0. The Morgan fingerprint density at radius 2 is 1.95 bits per heavy atom. The summed E-state index contributed by atoms with van der Waals surface area (Å²) in [5.41, 5.74) is -0.153. The Bertz CT molecular complexity index is 391. The molecule has 1 aromatic rings. The highest BCUT2D eigenvalue weighted by Crippen LogP contribution is 2.14. The van der Waals surface area contributed by atoms with Crippen molar-refractivity contribution in [3.05, 3.63) is 11.6 Å². The molecule has 0 radical (unpaired) electrons. The van der Waals surface area contributed by atoms with Crippen LogP contribution >= 0.6 is 0 Å². The predicted octanol–water partition coefficient (Wildman–Crippen LogP) is 1.93. The van der Waals surface area contributed by atoms with Crippen LogP contribution in [0.25, 0.3) is 0 Å². The molecule has 1 aromatic heterocycles. The lowest BCUT2D eigenvalue weighted by Gasteiger charge is -2.28. The number of aromatic nitrogens is 3. The van der Waals surface area contributed by atoms with E-state index in [1.54, 1.807) is 0 Å². The maximum Gasteiger partial charge on any atom is 0.150 e. The molecule has 1 atom stereocenters. The smallest absolute Gasteiger partial charge is 0.150 e. The van der Waals surface area contributed by atoms with Crippen LogP contribution in [0.5, 0.6) is 0 Å². The monoisotopic (exact) mass is 282 g/mol. The summed E-state index contributed by atoms with van der Waals surface area (Å²) in [6, 6.07) is 0. The summed E-state index contributed by atoms with van der Waals surface area (Å²) >= 11 is 0. The number of hydrogen-bond acceptors (Lipinski definition) is 4. The zero-order valence-electron chi connectivity index (χ0n) is 13.4. The van der Waals surface area contributed by atoms with Gasteiger partial charge in [-0.1, -0.05) is 20.8 Å². The number of likely N-dealkylation sites (N-methyl/N-ethyl adjacent to an activating group) is 1. The van der Waals surface area contributed by atoms with Crippen molar-refractivity contribution in [3.8, 4) is 0 Å². The van der Waals surface area contributed by atoms with Gasteiger partial charge in [0.25, 0.3) is 0 Å². The summed E-state index contributed by atoms with van der Waals surface area (Å²) in [5.74, 6) is 2.02. The van der Waals surface area contributed by atoms with Gasteiger partial charge in [-0.05, 0) is 32.7 Å². The van der Waals surface area contributed by atoms with Crippen molar-refractivity contribution in [2.24, 2.45) is 0 Å². The van der Waals surface area contributed by atoms with Crippen LogP contribution in [0, 0.1) is 0 Å². The predicted molar refractivity (Wildman–Crippen MR) is 81.8 cm³/mol. The SMILES string of the molecule is CCNC(C)(CO)CCCCn1nc(CC)nc1CC. The second kappa shape index (κ2) is 8.37. The molecule has 0 fully saturated rings. The van der Waals surface area contributed by atoms with Crippen molar-refractivity contribution in [3.63, 3.8) is 0 Å². The molecule has 0 aliphatic heterocycles. The van der Waals surface area contributed by atoms with Gasteiger partial charge >= 0.3 is 0 Å². The second-order valence-electron chi connectivity index (χ2n) is 5.58. The average molecular weight is 282 g/mol. The van der Waals surface area contributed by atoms with Crippen molar-refractivity contribution < 1.29 is 5.11 Å². The van der Waals surface area contributed by atoms with Gasteiger partial charge in [0.2, 0.25) is 0 Å². The molecule has 116 valence electrons. The second-order valence-corrected chi connectivity index (χ2v) is 5.58. The summed E-state index contributed by atoms with van der Waals surface area (Å²) in [5, 5.41) is 17.3. The summed E-state index contributed by atoms with van der Waals surface area (Å²) in [7, 11) is 0. The number of nitrogens with zero attached hydrogens (tertiary/aromatic N) is 3. The van der Waals surface area contributed by atoms with Crippen LogP contribution in [0.4, 0.5) is 0 Å². The molecule has 0 spiro atoms. The van der Waals surface area contributed by atoms with Gasteiger partial charge in [0.15, 0.2) is 5.82 Å². The van der Waals surface area contributed by atoms with Crippen molar-refractivity contribution in [2.75, 3.05) is 13.2 Å². The van der Waals surface area contributed by atoms with E-state index in [0.29, 0.717) is 0 Å².